The topological polar surface area (TPSA) is 63.1 Å². The number of aryl methyl sites for hydroxylation is 2. The highest BCUT2D eigenvalue weighted by molar-refractivity contribution is 9.10. The Balaban J connectivity index is 1.73. The van der Waals surface area contributed by atoms with Gasteiger partial charge in [-0.15, -0.1) is 0 Å². The predicted octanol–water partition coefficient (Wildman–Crippen LogP) is 4.56. The van der Waals surface area contributed by atoms with Gasteiger partial charge in [0.1, 0.15) is 10.3 Å². The minimum absolute atomic E-state index is 0.127. The zero-order chi connectivity index (χ0) is 16.7. The van der Waals surface area contributed by atoms with Crippen LogP contribution in [0.15, 0.2) is 9.27 Å². The average Bonchev–Trinajstić information content (AvgIpc) is 2.94. The van der Waals surface area contributed by atoms with Crippen LogP contribution in [0.2, 0.25) is 0 Å². The first kappa shape index (κ1) is 18.2. The first-order valence-corrected chi connectivity index (χ1v) is 9.56. The minimum atomic E-state index is -0.127. The van der Waals surface area contributed by atoms with E-state index in [4.69, 9.17) is 0 Å². The van der Waals surface area contributed by atoms with Gasteiger partial charge in [0.25, 0.3) is 11.3 Å². The molecule has 0 amide bonds. The number of hydrogen-bond donors (Lipinski definition) is 1. The zero-order valence-electron chi connectivity index (χ0n) is 14.2. The van der Waals surface area contributed by atoms with Crippen molar-refractivity contribution in [2.45, 2.75) is 78.1 Å². The molecule has 0 aliphatic carbocycles. The molecule has 0 atom stereocenters. The Labute approximate surface area is 146 Å². The van der Waals surface area contributed by atoms with E-state index in [1.165, 1.54) is 55.9 Å². The third-order valence-electron chi connectivity index (χ3n) is 4.17. The summed E-state index contributed by atoms with van der Waals surface area (Å²) in [5.74, 6) is 1.30. The first-order chi connectivity index (χ1) is 11.1. The summed E-state index contributed by atoms with van der Waals surface area (Å²) in [5.41, 5.74) is 0.550. The molecule has 0 aliphatic heterocycles. The summed E-state index contributed by atoms with van der Waals surface area (Å²) in [6.07, 6.45) is 12.6. The summed E-state index contributed by atoms with van der Waals surface area (Å²) in [4.78, 5) is 20.8. The van der Waals surface area contributed by atoms with Gasteiger partial charge in [-0.2, -0.15) is 9.50 Å². The lowest BCUT2D eigenvalue weighted by atomic mass is 10.1. The van der Waals surface area contributed by atoms with E-state index in [0.29, 0.717) is 15.9 Å². The average molecular weight is 383 g/mol. The number of H-pyrrole nitrogens is 1. The molecule has 2 rings (SSSR count). The van der Waals surface area contributed by atoms with E-state index in [-0.39, 0.29) is 5.56 Å². The molecule has 0 radical (unpaired) electrons. The van der Waals surface area contributed by atoms with E-state index < -0.39 is 0 Å². The standard InChI is InChI=1S/C17H27BrN4O/c1-3-4-5-6-7-8-9-10-11-12-14-20-17-19-13(2)15(18)16(23)22(17)21-14/h3-12H2,1-2H3,(H,19,20,21). The van der Waals surface area contributed by atoms with Gasteiger partial charge in [0.05, 0.1) is 5.69 Å². The van der Waals surface area contributed by atoms with Gasteiger partial charge in [0.15, 0.2) is 0 Å². The van der Waals surface area contributed by atoms with Crippen LogP contribution in [0.4, 0.5) is 0 Å². The number of halogens is 1. The van der Waals surface area contributed by atoms with Crippen molar-refractivity contribution in [2.75, 3.05) is 0 Å². The van der Waals surface area contributed by atoms with Gasteiger partial charge in [-0.3, -0.25) is 9.89 Å². The summed E-state index contributed by atoms with van der Waals surface area (Å²) >= 11 is 3.27. The van der Waals surface area contributed by atoms with Crippen LogP contribution in [0, 0.1) is 6.92 Å². The molecule has 2 aromatic rings. The van der Waals surface area contributed by atoms with E-state index in [1.54, 1.807) is 6.92 Å². The highest BCUT2D eigenvalue weighted by Crippen LogP contribution is 2.12. The SMILES string of the molecule is CCCCCCCCCCCc1nc2nc(C)c(Br)c(=O)n2[nH]1. The Morgan fingerprint density at radius 1 is 1.00 bits per heavy atom. The molecule has 6 heteroatoms. The normalized spacial score (nSPS) is 11.4. The molecule has 0 spiro atoms. The van der Waals surface area contributed by atoms with Crippen LogP contribution in [-0.4, -0.2) is 19.6 Å². The van der Waals surface area contributed by atoms with Crippen LogP contribution in [0.5, 0.6) is 0 Å². The third kappa shape index (κ3) is 5.16. The maximum atomic E-state index is 12.1. The molecular formula is C17H27BrN4O. The Morgan fingerprint density at radius 3 is 2.26 bits per heavy atom. The number of hydrogen-bond acceptors (Lipinski definition) is 3. The van der Waals surface area contributed by atoms with E-state index in [0.717, 1.165) is 18.7 Å². The van der Waals surface area contributed by atoms with Gasteiger partial charge in [-0.1, -0.05) is 58.3 Å². The molecular weight excluding hydrogens is 356 g/mol. The van der Waals surface area contributed by atoms with Crippen LogP contribution in [0.3, 0.4) is 0 Å². The van der Waals surface area contributed by atoms with E-state index >= 15 is 0 Å². The number of unbranched alkanes of at least 4 members (excludes halogenated alkanes) is 8. The number of rotatable bonds is 10. The van der Waals surface area contributed by atoms with Crippen molar-refractivity contribution >= 4 is 21.7 Å². The summed E-state index contributed by atoms with van der Waals surface area (Å²) in [6, 6.07) is 0. The van der Waals surface area contributed by atoms with Crippen LogP contribution in [0.1, 0.15) is 76.2 Å². The van der Waals surface area contributed by atoms with E-state index in [1.807, 2.05) is 0 Å². The Morgan fingerprint density at radius 2 is 1.61 bits per heavy atom. The number of nitrogens with zero attached hydrogens (tertiary/aromatic N) is 3. The molecule has 0 fully saturated rings. The molecule has 1 N–H and O–H groups in total. The maximum absolute atomic E-state index is 12.1. The van der Waals surface area contributed by atoms with Crippen LogP contribution in [0.25, 0.3) is 5.78 Å². The van der Waals surface area contributed by atoms with Crippen molar-refractivity contribution in [1.82, 2.24) is 19.6 Å². The van der Waals surface area contributed by atoms with Crippen molar-refractivity contribution in [1.29, 1.82) is 0 Å². The number of aromatic amines is 1. The first-order valence-electron chi connectivity index (χ1n) is 8.77. The highest BCUT2D eigenvalue weighted by atomic mass is 79.9. The van der Waals surface area contributed by atoms with E-state index in [9.17, 15) is 4.79 Å². The smallest absolute Gasteiger partial charge is 0.275 e. The molecule has 0 aromatic carbocycles. The van der Waals surface area contributed by atoms with Crippen LogP contribution < -0.4 is 5.56 Å². The van der Waals surface area contributed by atoms with Crippen molar-refractivity contribution < 1.29 is 0 Å². The highest BCUT2D eigenvalue weighted by Gasteiger charge is 2.10. The molecule has 0 unspecified atom stereocenters. The second-order valence-electron chi connectivity index (χ2n) is 6.20. The lowest BCUT2D eigenvalue weighted by molar-refractivity contribution is 0.562. The maximum Gasteiger partial charge on any atom is 0.288 e. The second-order valence-corrected chi connectivity index (χ2v) is 6.99. The summed E-state index contributed by atoms with van der Waals surface area (Å²) < 4.78 is 1.91. The van der Waals surface area contributed by atoms with E-state index in [2.05, 4.69) is 37.9 Å². The minimum Gasteiger partial charge on any atom is -0.275 e. The fraction of sp³-hybridized carbons (Fsp3) is 0.706. The van der Waals surface area contributed by atoms with Crippen molar-refractivity contribution in [2.24, 2.45) is 0 Å². The largest absolute Gasteiger partial charge is 0.288 e. The van der Waals surface area contributed by atoms with Crippen molar-refractivity contribution in [3.05, 3.63) is 26.3 Å². The van der Waals surface area contributed by atoms with Gasteiger partial charge in [0.2, 0.25) is 0 Å². The summed E-state index contributed by atoms with van der Waals surface area (Å²) in [7, 11) is 0. The van der Waals surface area contributed by atoms with Crippen LogP contribution >= 0.6 is 15.9 Å². The number of fused-ring (bicyclic) bond motifs is 1. The van der Waals surface area contributed by atoms with Gasteiger partial charge in [-0.05, 0) is 29.3 Å². The van der Waals surface area contributed by atoms with Gasteiger partial charge in [-0.25, -0.2) is 4.98 Å². The zero-order valence-corrected chi connectivity index (χ0v) is 15.8. The lowest BCUT2D eigenvalue weighted by Crippen LogP contribution is -2.17. The van der Waals surface area contributed by atoms with Crippen molar-refractivity contribution in [3.8, 4) is 0 Å². The number of aromatic nitrogens is 4. The molecule has 0 saturated carbocycles. The molecule has 5 nitrogen and oxygen atoms in total. The van der Waals surface area contributed by atoms with Crippen LogP contribution in [-0.2, 0) is 6.42 Å². The fourth-order valence-electron chi connectivity index (χ4n) is 2.76. The van der Waals surface area contributed by atoms with Gasteiger partial charge in [0, 0.05) is 6.42 Å². The predicted molar refractivity (Wildman–Crippen MR) is 97.0 cm³/mol. The Hall–Kier alpha value is -1.17. The molecule has 23 heavy (non-hydrogen) atoms. The quantitative estimate of drug-likeness (QED) is 0.612. The lowest BCUT2D eigenvalue weighted by Gasteiger charge is -2.01. The Kier molecular flexibility index (Phi) is 7.27. The third-order valence-corrected chi connectivity index (χ3v) is 5.08. The second kappa shape index (κ2) is 9.21. The molecule has 0 bridgehead atoms. The van der Waals surface area contributed by atoms with Gasteiger partial charge < -0.3 is 0 Å². The van der Waals surface area contributed by atoms with Crippen molar-refractivity contribution in [3.63, 3.8) is 0 Å². The molecule has 0 aliphatic rings. The number of nitrogens with one attached hydrogen (secondary N) is 1. The van der Waals surface area contributed by atoms with Gasteiger partial charge >= 0.3 is 0 Å². The monoisotopic (exact) mass is 382 g/mol. The molecule has 0 saturated heterocycles. The molecule has 2 heterocycles. The summed E-state index contributed by atoms with van der Waals surface area (Å²) in [6.45, 7) is 4.06. The molecule has 128 valence electrons. The Bertz CT molecular complexity index is 677. The fourth-order valence-corrected chi connectivity index (χ4v) is 3.02. The molecule has 2 aromatic heterocycles. The summed E-state index contributed by atoms with van der Waals surface area (Å²) in [5, 5.41) is 3.06.